The Morgan fingerprint density at radius 3 is 2.24 bits per heavy atom. The van der Waals surface area contributed by atoms with Crippen molar-refractivity contribution < 1.29 is 49.8 Å². The zero-order chi connectivity index (χ0) is 28.3. The van der Waals surface area contributed by atoms with Gasteiger partial charge in [0.25, 0.3) is 0 Å². The maximum absolute atomic E-state index is 13.6. The van der Waals surface area contributed by atoms with Crippen LogP contribution in [0.2, 0.25) is 0 Å². The van der Waals surface area contributed by atoms with Crippen LogP contribution in [0.4, 0.5) is 40.8 Å². The summed E-state index contributed by atoms with van der Waals surface area (Å²) in [6.07, 6.45) is -16.7. The third kappa shape index (κ3) is 7.21. The summed E-state index contributed by atoms with van der Waals surface area (Å²) in [5.41, 5.74) is 0.540. The van der Waals surface area contributed by atoms with E-state index in [1.165, 1.54) is 55.5 Å². The minimum absolute atomic E-state index is 0.0497. The van der Waals surface area contributed by atoms with Gasteiger partial charge < -0.3 is 14.7 Å². The van der Waals surface area contributed by atoms with E-state index in [2.05, 4.69) is 4.74 Å². The van der Waals surface area contributed by atoms with Crippen molar-refractivity contribution in [1.82, 2.24) is 0 Å². The Bertz CT molecular complexity index is 1280. The molecule has 0 aromatic heterocycles. The normalized spacial score (nSPS) is 12.9. The molecule has 0 amide bonds. The first-order valence-corrected chi connectivity index (χ1v) is 11.0. The summed E-state index contributed by atoms with van der Waals surface area (Å²) < 4.78 is 109. The molecule has 38 heavy (non-hydrogen) atoms. The molecule has 0 aliphatic rings. The van der Waals surface area contributed by atoms with E-state index in [0.717, 1.165) is 23.1 Å². The van der Waals surface area contributed by atoms with Gasteiger partial charge in [0.2, 0.25) is 0 Å². The Morgan fingerprint density at radius 1 is 0.947 bits per heavy atom. The first kappa shape index (κ1) is 28.9. The number of nitrogens with zero attached hydrogens (tertiary/aromatic N) is 1. The van der Waals surface area contributed by atoms with E-state index in [1.54, 1.807) is 0 Å². The fraction of sp³-hybridized carbons (Fsp3) is 0.269. The van der Waals surface area contributed by atoms with Gasteiger partial charge in [0.1, 0.15) is 11.6 Å². The number of aryl methyl sites for hydroxylation is 1. The molecule has 1 atom stereocenters. The lowest BCUT2D eigenvalue weighted by Gasteiger charge is -2.29. The number of alkyl halides is 7. The number of hydrogen-bond donors (Lipinski definition) is 1. The van der Waals surface area contributed by atoms with Crippen molar-refractivity contribution in [3.05, 3.63) is 94.8 Å². The first-order chi connectivity index (χ1) is 17.7. The van der Waals surface area contributed by atoms with Gasteiger partial charge in [-0.25, -0.2) is 4.39 Å². The van der Waals surface area contributed by atoms with Gasteiger partial charge >= 0.3 is 18.7 Å². The second-order valence-corrected chi connectivity index (χ2v) is 8.39. The van der Waals surface area contributed by atoms with Crippen LogP contribution in [-0.4, -0.2) is 42.2 Å². The highest BCUT2D eigenvalue weighted by atomic mass is 19.4. The number of rotatable bonds is 10. The van der Waals surface area contributed by atoms with E-state index in [4.69, 9.17) is 0 Å². The summed E-state index contributed by atoms with van der Waals surface area (Å²) in [6, 6.07) is 13.5. The van der Waals surface area contributed by atoms with Gasteiger partial charge in [-0.3, -0.25) is 4.79 Å². The van der Waals surface area contributed by atoms with Crippen molar-refractivity contribution >= 4 is 11.5 Å². The number of benzene rings is 3. The zero-order valence-electron chi connectivity index (χ0n) is 19.7. The van der Waals surface area contributed by atoms with Crippen LogP contribution in [0.15, 0.2) is 66.7 Å². The van der Waals surface area contributed by atoms with Gasteiger partial charge in [-0.05, 0) is 60.5 Å². The Balaban J connectivity index is 1.94. The molecule has 3 aromatic rings. The highest BCUT2D eigenvalue weighted by Crippen LogP contribution is 2.30. The summed E-state index contributed by atoms with van der Waals surface area (Å²) in [5, 5.41) is 9.70. The molecule has 0 heterocycles. The smallest absolute Gasteiger partial charge is 0.428 e. The standard InChI is InChI=1S/C26H21F8NO3/c1-15-10-18(8-9-21(15)27)23(37)17-5-3-6-19(12-17)35(14-22(36)25(30,31)32)13-16-4-2-7-20(11-16)38-26(33,34)24(28)29/h2-12,22,24,36H,13-14H2,1H3. The van der Waals surface area contributed by atoms with E-state index >= 15 is 0 Å². The summed E-state index contributed by atoms with van der Waals surface area (Å²) >= 11 is 0. The molecule has 1 unspecified atom stereocenters. The monoisotopic (exact) mass is 547 g/mol. The molecule has 0 bridgehead atoms. The molecule has 0 aliphatic carbocycles. The number of hydrogen-bond acceptors (Lipinski definition) is 4. The fourth-order valence-electron chi connectivity index (χ4n) is 3.50. The van der Waals surface area contributed by atoms with Gasteiger partial charge in [-0.1, -0.05) is 24.3 Å². The van der Waals surface area contributed by atoms with Crippen LogP contribution in [-0.2, 0) is 6.54 Å². The lowest BCUT2D eigenvalue weighted by atomic mass is 10.0. The van der Waals surface area contributed by atoms with Crippen molar-refractivity contribution in [3.63, 3.8) is 0 Å². The van der Waals surface area contributed by atoms with Crippen molar-refractivity contribution in [3.8, 4) is 5.75 Å². The SMILES string of the molecule is Cc1cc(C(=O)c2cccc(N(Cc3cccc(OC(F)(F)C(F)F)c3)CC(O)C(F)(F)F)c2)ccc1F. The number of aliphatic hydroxyl groups excluding tert-OH is 1. The molecule has 0 fully saturated rings. The Hall–Kier alpha value is -3.67. The maximum Gasteiger partial charge on any atom is 0.461 e. The molecule has 1 N–H and O–H groups in total. The predicted molar refractivity (Wildman–Crippen MR) is 122 cm³/mol. The van der Waals surface area contributed by atoms with Crippen LogP contribution < -0.4 is 9.64 Å². The van der Waals surface area contributed by atoms with Gasteiger partial charge in [-0.2, -0.15) is 30.7 Å². The van der Waals surface area contributed by atoms with Crippen LogP contribution >= 0.6 is 0 Å². The van der Waals surface area contributed by atoms with Crippen molar-refractivity contribution in [2.45, 2.75) is 38.3 Å². The highest BCUT2D eigenvalue weighted by Gasteiger charge is 2.44. The van der Waals surface area contributed by atoms with Crippen LogP contribution in [0, 0.1) is 12.7 Å². The maximum atomic E-state index is 13.6. The Kier molecular flexibility index (Phi) is 8.65. The minimum Gasteiger partial charge on any atom is -0.428 e. The van der Waals surface area contributed by atoms with E-state index < -0.39 is 55.3 Å². The number of anilines is 1. The van der Waals surface area contributed by atoms with Crippen molar-refractivity contribution in [2.24, 2.45) is 0 Å². The van der Waals surface area contributed by atoms with Crippen LogP contribution in [0.3, 0.4) is 0 Å². The molecule has 3 aromatic carbocycles. The molecule has 204 valence electrons. The molecular weight excluding hydrogens is 526 g/mol. The number of halogens is 8. The third-order valence-corrected chi connectivity index (χ3v) is 5.44. The third-order valence-electron chi connectivity index (χ3n) is 5.44. The van der Waals surface area contributed by atoms with E-state index in [1.807, 2.05) is 0 Å². The molecule has 12 heteroatoms. The second-order valence-electron chi connectivity index (χ2n) is 8.39. The van der Waals surface area contributed by atoms with E-state index in [-0.39, 0.29) is 27.9 Å². The largest absolute Gasteiger partial charge is 0.461 e. The molecule has 4 nitrogen and oxygen atoms in total. The molecule has 0 saturated heterocycles. The highest BCUT2D eigenvalue weighted by molar-refractivity contribution is 6.09. The number of ether oxygens (including phenoxy) is 1. The average Bonchev–Trinajstić information content (AvgIpc) is 2.84. The lowest BCUT2D eigenvalue weighted by molar-refractivity contribution is -0.253. The number of aliphatic hydroxyl groups is 1. The van der Waals surface area contributed by atoms with Gasteiger partial charge in [0, 0.05) is 23.4 Å². The topological polar surface area (TPSA) is 49.8 Å². The fourth-order valence-corrected chi connectivity index (χ4v) is 3.50. The molecule has 3 rings (SSSR count). The van der Waals surface area contributed by atoms with Crippen LogP contribution in [0.1, 0.15) is 27.0 Å². The molecule has 0 saturated carbocycles. The molecule has 0 aliphatic heterocycles. The van der Waals surface area contributed by atoms with Gasteiger partial charge in [0.15, 0.2) is 11.9 Å². The average molecular weight is 547 g/mol. The van der Waals surface area contributed by atoms with Gasteiger partial charge in [-0.15, -0.1) is 0 Å². The number of ketones is 1. The summed E-state index contributed by atoms with van der Waals surface area (Å²) in [5.74, 6) is -1.73. The van der Waals surface area contributed by atoms with Crippen molar-refractivity contribution in [2.75, 3.05) is 11.4 Å². The first-order valence-electron chi connectivity index (χ1n) is 11.0. The summed E-state index contributed by atoms with van der Waals surface area (Å²) in [4.78, 5) is 14.0. The second kappa shape index (κ2) is 11.4. The number of carbonyl (C=O) groups is 1. The minimum atomic E-state index is -5.00. The lowest BCUT2D eigenvalue weighted by Crippen LogP contribution is -2.41. The molecular formula is C26H21F8NO3. The van der Waals surface area contributed by atoms with Gasteiger partial charge in [0.05, 0.1) is 6.54 Å². The van der Waals surface area contributed by atoms with Crippen LogP contribution in [0.5, 0.6) is 5.75 Å². The molecule has 0 radical (unpaired) electrons. The number of carbonyl (C=O) groups excluding carboxylic acids is 1. The summed E-state index contributed by atoms with van der Waals surface area (Å²) in [7, 11) is 0. The molecule has 0 spiro atoms. The van der Waals surface area contributed by atoms with Crippen molar-refractivity contribution in [1.29, 1.82) is 0 Å². The van der Waals surface area contributed by atoms with Crippen LogP contribution in [0.25, 0.3) is 0 Å². The predicted octanol–water partition coefficient (Wildman–Crippen LogP) is 6.53. The Morgan fingerprint density at radius 2 is 1.61 bits per heavy atom. The zero-order valence-corrected chi connectivity index (χ0v) is 19.7. The van der Waals surface area contributed by atoms with E-state index in [0.29, 0.717) is 0 Å². The Labute approximate surface area is 212 Å². The van der Waals surface area contributed by atoms with E-state index in [9.17, 15) is 45.0 Å². The summed E-state index contributed by atoms with van der Waals surface area (Å²) in [6.45, 7) is 0.0464. The quantitative estimate of drug-likeness (QED) is 0.232.